The summed E-state index contributed by atoms with van der Waals surface area (Å²) in [4.78, 5) is 21.7. The van der Waals surface area contributed by atoms with Gasteiger partial charge in [0, 0.05) is 48.2 Å². The van der Waals surface area contributed by atoms with Crippen LogP contribution in [-0.4, -0.2) is 68.5 Å². The van der Waals surface area contributed by atoms with Gasteiger partial charge in [0.05, 0.1) is 55.3 Å². The first kappa shape index (κ1) is 28.4. The van der Waals surface area contributed by atoms with E-state index in [0.717, 1.165) is 23.6 Å². The number of carbonyl (C=O) groups excluding carboxylic acids is 1. The number of allylic oxidation sites excluding steroid dienone is 1. The lowest BCUT2D eigenvalue weighted by Gasteiger charge is -2.32. The number of rotatable bonds is 10. The zero-order valence-corrected chi connectivity index (χ0v) is 24.0. The van der Waals surface area contributed by atoms with E-state index in [1.807, 2.05) is 12.1 Å². The second kappa shape index (κ2) is 12.6. The molecule has 212 valence electrons. The van der Waals surface area contributed by atoms with E-state index in [1.54, 1.807) is 12.3 Å². The van der Waals surface area contributed by atoms with Crippen LogP contribution < -0.4 is 20.1 Å². The number of pyridine rings is 2. The average molecular weight is 588 g/mol. The Hall–Kier alpha value is -3.11. The molecule has 2 aromatic heterocycles. The fraction of sp³-hybridized carbons (Fsp3) is 0.414. The number of anilines is 2. The van der Waals surface area contributed by atoms with Gasteiger partial charge >= 0.3 is 0 Å². The summed E-state index contributed by atoms with van der Waals surface area (Å²) in [5, 5.41) is 9.40. The molecule has 3 aromatic rings. The minimum Gasteiger partial charge on any atom is -0.495 e. The summed E-state index contributed by atoms with van der Waals surface area (Å²) in [6, 6.07) is 5.54. The summed E-state index contributed by atoms with van der Waals surface area (Å²) in [5.41, 5.74) is 1.05. The molecule has 0 amide bonds. The standard InChI is InChI=1S/C29H32Cl2N4O5/c1-4-19(36)9-16-5-7-40-15-22(16)34-25-11-20-17(13-32-25)10-21(35-29(20)33-18-6-8-39-14-18)26-27(30)23(37-2)12-24(38-3)28(26)31/h4,10-13,16,18,22H,1,5-9,14-15H2,2-3H3,(H,32,34)(H,33,35)/t16-,18?,22-/m1/s1. The van der Waals surface area contributed by atoms with Gasteiger partial charge in [-0.2, -0.15) is 0 Å². The van der Waals surface area contributed by atoms with Gasteiger partial charge < -0.3 is 29.6 Å². The van der Waals surface area contributed by atoms with Gasteiger partial charge in [0.25, 0.3) is 0 Å². The molecule has 2 N–H and O–H groups in total. The highest BCUT2D eigenvalue weighted by Crippen LogP contribution is 2.46. The molecule has 4 heterocycles. The number of nitrogens with zero attached hydrogens (tertiary/aromatic N) is 2. The van der Waals surface area contributed by atoms with Gasteiger partial charge in [-0.15, -0.1) is 0 Å². The van der Waals surface area contributed by atoms with Gasteiger partial charge in [0.2, 0.25) is 0 Å². The van der Waals surface area contributed by atoms with Crippen LogP contribution in [0.2, 0.25) is 10.0 Å². The Bertz CT molecular complexity index is 1380. The topological polar surface area (TPSA) is 104 Å². The van der Waals surface area contributed by atoms with E-state index in [2.05, 4.69) is 22.2 Å². The SMILES string of the molecule is C=CC(=O)C[C@H]1CCOC[C@H]1Nc1cc2c(NC3CCOC3)nc(-c3c(Cl)c(OC)cc(OC)c3Cl)cc2cn1. The Kier molecular flexibility index (Phi) is 8.95. The van der Waals surface area contributed by atoms with Crippen LogP contribution in [-0.2, 0) is 14.3 Å². The first-order valence-corrected chi connectivity index (χ1v) is 13.9. The molecule has 0 bridgehead atoms. The Morgan fingerprint density at radius 1 is 1.07 bits per heavy atom. The third-order valence-corrected chi connectivity index (χ3v) is 8.09. The first-order valence-electron chi connectivity index (χ1n) is 13.2. The quantitative estimate of drug-likeness (QED) is 0.286. The van der Waals surface area contributed by atoms with Crippen molar-refractivity contribution in [2.45, 2.75) is 31.3 Å². The van der Waals surface area contributed by atoms with E-state index in [9.17, 15) is 4.79 Å². The van der Waals surface area contributed by atoms with Crippen molar-refractivity contribution in [3.8, 4) is 22.8 Å². The second-order valence-corrected chi connectivity index (χ2v) is 10.6. The molecule has 2 aliphatic heterocycles. The maximum absolute atomic E-state index is 12.1. The highest BCUT2D eigenvalue weighted by atomic mass is 35.5. The van der Waals surface area contributed by atoms with E-state index in [4.69, 9.17) is 47.1 Å². The minimum absolute atomic E-state index is 0.0265. The number of hydrogen-bond acceptors (Lipinski definition) is 9. The van der Waals surface area contributed by atoms with Crippen molar-refractivity contribution in [2.24, 2.45) is 5.92 Å². The molecule has 11 heteroatoms. The van der Waals surface area contributed by atoms with E-state index < -0.39 is 0 Å². The van der Waals surface area contributed by atoms with Gasteiger partial charge in [-0.1, -0.05) is 29.8 Å². The molecule has 3 atom stereocenters. The third-order valence-electron chi connectivity index (χ3n) is 7.34. The predicted octanol–water partition coefficient (Wildman–Crippen LogP) is 5.78. The van der Waals surface area contributed by atoms with Crippen molar-refractivity contribution in [1.82, 2.24) is 9.97 Å². The molecule has 5 rings (SSSR count). The molecule has 0 saturated carbocycles. The number of halogens is 2. The molecule has 0 spiro atoms. The highest BCUT2D eigenvalue weighted by Gasteiger charge is 2.28. The fourth-order valence-corrected chi connectivity index (χ4v) is 5.83. The molecule has 1 unspecified atom stereocenters. The Morgan fingerprint density at radius 2 is 1.80 bits per heavy atom. The Labute approximate surface area is 243 Å². The molecule has 40 heavy (non-hydrogen) atoms. The summed E-state index contributed by atoms with van der Waals surface area (Å²) in [6.07, 6.45) is 5.23. The van der Waals surface area contributed by atoms with E-state index >= 15 is 0 Å². The number of nitrogens with one attached hydrogen (secondary N) is 2. The van der Waals surface area contributed by atoms with Crippen LogP contribution in [0.15, 0.2) is 37.1 Å². The molecule has 2 saturated heterocycles. The molecule has 2 aliphatic rings. The van der Waals surface area contributed by atoms with E-state index in [0.29, 0.717) is 77.3 Å². The van der Waals surface area contributed by atoms with Crippen molar-refractivity contribution >= 4 is 51.4 Å². The summed E-state index contributed by atoms with van der Waals surface area (Å²) < 4.78 is 22.2. The van der Waals surface area contributed by atoms with Crippen LogP contribution in [0.4, 0.5) is 11.6 Å². The van der Waals surface area contributed by atoms with Crippen molar-refractivity contribution in [3.63, 3.8) is 0 Å². The van der Waals surface area contributed by atoms with Crippen LogP contribution >= 0.6 is 23.2 Å². The van der Waals surface area contributed by atoms with Crippen molar-refractivity contribution in [3.05, 3.63) is 47.1 Å². The summed E-state index contributed by atoms with van der Waals surface area (Å²) in [7, 11) is 3.07. The largest absolute Gasteiger partial charge is 0.495 e. The fourth-order valence-electron chi connectivity index (χ4n) is 5.13. The number of carbonyl (C=O) groups is 1. The van der Waals surface area contributed by atoms with Gasteiger partial charge in [0.15, 0.2) is 5.78 Å². The molecular formula is C29H32Cl2N4O5. The van der Waals surface area contributed by atoms with Crippen molar-refractivity contribution in [1.29, 1.82) is 0 Å². The maximum atomic E-state index is 12.1. The number of ketones is 1. The normalized spacial score (nSPS) is 20.8. The number of aromatic nitrogens is 2. The van der Waals surface area contributed by atoms with Crippen LogP contribution in [0.25, 0.3) is 22.0 Å². The second-order valence-electron chi connectivity index (χ2n) is 9.88. The lowest BCUT2D eigenvalue weighted by Crippen LogP contribution is -2.39. The smallest absolute Gasteiger partial charge is 0.155 e. The van der Waals surface area contributed by atoms with Gasteiger partial charge in [-0.3, -0.25) is 4.79 Å². The summed E-state index contributed by atoms with van der Waals surface area (Å²) in [5.74, 6) is 2.32. The number of ether oxygens (including phenoxy) is 4. The summed E-state index contributed by atoms with van der Waals surface area (Å²) >= 11 is 13.5. The first-order chi connectivity index (χ1) is 19.4. The highest BCUT2D eigenvalue weighted by molar-refractivity contribution is 6.41. The Balaban J connectivity index is 1.56. The predicted molar refractivity (Wildman–Crippen MR) is 157 cm³/mol. The maximum Gasteiger partial charge on any atom is 0.155 e. The van der Waals surface area contributed by atoms with Crippen LogP contribution in [0.5, 0.6) is 11.5 Å². The number of benzene rings is 1. The zero-order chi connectivity index (χ0) is 28.2. The number of methoxy groups -OCH3 is 2. The summed E-state index contributed by atoms with van der Waals surface area (Å²) in [6.45, 7) is 5.99. The van der Waals surface area contributed by atoms with E-state index in [1.165, 1.54) is 20.3 Å². The zero-order valence-electron chi connectivity index (χ0n) is 22.5. The van der Waals surface area contributed by atoms with Gasteiger partial charge in [-0.25, -0.2) is 9.97 Å². The number of hydrogen-bond donors (Lipinski definition) is 2. The lowest BCUT2D eigenvalue weighted by atomic mass is 9.89. The van der Waals surface area contributed by atoms with Crippen LogP contribution in [0.1, 0.15) is 19.3 Å². The molecular weight excluding hydrogens is 555 g/mol. The van der Waals surface area contributed by atoms with Crippen molar-refractivity contribution < 1.29 is 23.7 Å². The van der Waals surface area contributed by atoms with Gasteiger partial charge in [0.1, 0.15) is 23.1 Å². The van der Waals surface area contributed by atoms with Crippen LogP contribution in [0, 0.1) is 5.92 Å². The van der Waals surface area contributed by atoms with Crippen LogP contribution in [0.3, 0.4) is 0 Å². The van der Waals surface area contributed by atoms with Crippen molar-refractivity contribution in [2.75, 3.05) is 51.3 Å². The molecule has 1 aromatic carbocycles. The molecule has 0 radical (unpaired) electrons. The number of fused-ring (bicyclic) bond motifs is 1. The monoisotopic (exact) mass is 586 g/mol. The van der Waals surface area contributed by atoms with E-state index in [-0.39, 0.29) is 23.8 Å². The minimum atomic E-state index is -0.0589. The third kappa shape index (κ3) is 5.98. The Morgan fingerprint density at radius 3 is 2.48 bits per heavy atom. The lowest BCUT2D eigenvalue weighted by molar-refractivity contribution is -0.116. The molecule has 9 nitrogen and oxygen atoms in total. The average Bonchev–Trinajstić information content (AvgIpc) is 3.47. The molecule has 0 aliphatic carbocycles. The molecule has 2 fully saturated rings. The van der Waals surface area contributed by atoms with Gasteiger partial charge in [-0.05, 0) is 37.0 Å².